The Balaban J connectivity index is 1.35. The third-order valence-electron chi connectivity index (χ3n) is 16.8. The van der Waals surface area contributed by atoms with E-state index < -0.39 is 135 Å². The van der Waals surface area contributed by atoms with Crippen molar-refractivity contribution < 1.29 is 75.7 Å². The van der Waals surface area contributed by atoms with Crippen LogP contribution in [0.1, 0.15) is 145 Å². The summed E-state index contributed by atoms with van der Waals surface area (Å²) in [5.41, 5.74) is 0.955. The highest BCUT2D eigenvalue weighted by Gasteiger charge is 2.45. The van der Waals surface area contributed by atoms with Crippen molar-refractivity contribution in [1.29, 1.82) is 0 Å². The van der Waals surface area contributed by atoms with Gasteiger partial charge in [0, 0.05) is 66.5 Å². The maximum atomic E-state index is 14.7. The minimum atomic E-state index is -3.86. The molecule has 0 spiro atoms. The Labute approximate surface area is 507 Å². The van der Waals surface area contributed by atoms with E-state index >= 15 is 0 Å². The van der Waals surface area contributed by atoms with E-state index in [9.17, 15) is 61.5 Å². The van der Waals surface area contributed by atoms with Crippen LogP contribution in [0.2, 0.25) is 0 Å². The zero-order valence-corrected chi connectivity index (χ0v) is 53.7. The second-order valence-corrected chi connectivity index (χ2v) is 26.5. The lowest BCUT2D eigenvalue weighted by atomic mass is 9.89. The molecule has 484 valence electrons. The summed E-state index contributed by atoms with van der Waals surface area (Å²) in [4.78, 5) is 140. The fourth-order valence-electron chi connectivity index (χ4n) is 11.3. The van der Waals surface area contributed by atoms with E-state index in [1.807, 2.05) is 27.7 Å². The number of carbonyl (C=O) groups excluding carboxylic acids is 9. The number of carbonyl (C=O) groups is 10. The lowest BCUT2D eigenvalue weighted by Gasteiger charge is -2.41. The Bertz CT molecular complexity index is 2630. The zero-order chi connectivity index (χ0) is 64.5. The van der Waals surface area contributed by atoms with Crippen LogP contribution < -0.4 is 26.0 Å². The van der Waals surface area contributed by atoms with Gasteiger partial charge in [0.1, 0.15) is 30.8 Å². The van der Waals surface area contributed by atoms with Crippen molar-refractivity contribution in [3.05, 3.63) is 29.8 Å². The van der Waals surface area contributed by atoms with Gasteiger partial charge in [-0.2, -0.15) is 0 Å². The molecule has 1 aliphatic carbocycles. The molecule has 2 aliphatic heterocycles. The topological polar surface area (TPSA) is 326 Å². The van der Waals surface area contributed by atoms with E-state index in [0.717, 1.165) is 0 Å². The van der Waals surface area contributed by atoms with Crippen molar-refractivity contribution in [2.24, 2.45) is 35.5 Å². The minimum absolute atomic E-state index is 0.0592. The molecule has 1 saturated carbocycles. The SMILES string of the molecule is CC[C@H](C)[C@@H]([C@@H](CC(=O)N1CCC[C@H]1[C@H](OC)[C@@H](C)C(=O)N[C@@H](CC(C)C)C(=O)NS(=O)(=O)C1CC1)OC)N(C)C(=O)[C@@H](NC(=O)[C@H](C(C)C)N(C)C(=O)OCc1ccc(NC(=O)[C@H](C)NC(=O)CCC(=O)N2CCC(C(=O)O)CC2)cc1)C(C)C. The summed E-state index contributed by atoms with van der Waals surface area (Å²) in [6, 6.07) is 1.04. The van der Waals surface area contributed by atoms with Gasteiger partial charge in [-0.05, 0) is 93.2 Å². The molecule has 0 bridgehead atoms. The molecule has 1 aromatic carbocycles. The quantitative estimate of drug-likeness (QED) is 0.0593. The lowest BCUT2D eigenvalue weighted by molar-refractivity contribution is -0.148. The Hall–Kier alpha value is -6.41. The number of nitrogens with zero attached hydrogens (tertiary/aromatic N) is 4. The van der Waals surface area contributed by atoms with Crippen LogP contribution in [-0.4, -0.2) is 194 Å². The first kappa shape index (κ1) is 72.1. The van der Waals surface area contributed by atoms with Crippen LogP contribution in [0.15, 0.2) is 24.3 Å². The van der Waals surface area contributed by atoms with Gasteiger partial charge in [0.15, 0.2) is 0 Å². The molecule has 0 aromatic heterocycles. The van der Waals surface area contributed by atoms with E-state index in [4.69, 9.17) is 14.2 Å². The molecule has 4 rings (SSSR count). The van der Waals surface area contributed by atoms with E-state index in [2.05, 4.69) is 26.0 Å². The number of likely N-dealkylation sites (N-methyl/N-ethyl adjacent to an activating group) is 2. The standard InChI is InChI=1S/C60H97N9O16S/c1-15-37(8)52(46(83-13)32-49(72)69-28-16-17-45(69)53(84-14)38(9)54(73)63-44(31-34(2)3)56(75)65-86(81,82)43-22-23-43)66(11)58(77)50(35(4)5)64-57(76)51(36(6)7)67(12)60(80)85-33-40-18-20-42(21-19-40)62-55(74)39(10)61-47(70)24-25-48(71)68-29-26-41(27-30-68)59(78)79/h18-21,34-39,41,43-46,50-53H,15-17,22-33H2,1-14H3,(H,61,70)(H,62,74)(H,63,73)(H,64,76)(H,65,75)(H,78,79)/t37-,38+,39-,44-,45-,46+,50-,51-,52-,53+/m0/s1. The van der Waals surface area contributed by atoms with Crippen LogP contribution in [0.25, 0.3) is 0 Å². The summed E-state index contributed by atoms with van der Waals surface area (Å²) in [6.45, 7) is 18.6. The lowest BCUT2D eigenvalue weighted by Crippen LogP contribution is -2.60. The normalized spacial score (nSPS) is 18.8. The maximum absolute atomic E-state index is 14.7. The van der Waals surface area contributed by atoms with Crippen LogP contribution in [0.3, 0.4) is 0 Å². The average molecular weight is 1230 g/mol. The fraction of sp³-hybridized carbons (Fsp3) is 0.733. The molecular formula is C60H97N9O16S. The molecule has 2 saturated heterocycles. The predicted molar refractivity (Wildman–Crippen MR) is 320 cm³/mol. The molecule has 1 aromatic rings. The van der Waals surface area contributed by atoms with Gasteiger partial charge in [-0.1, -0.05) is 80.9 Å². The monoisotopic (exact) mass is 1230 g/mol. The van der Waals surface area contributed by atoms with Gasteiger partial charge in [0.05, 0.1) is 47.8 Å². The molecule has 26 heteroatoms. The first-order valence-corrected chi connectivity index (χ1v) is 31.8. The van der Waals surface area contributed by atoms with Crippen molar-refractivity contribution >= 4 is 75.0 Å². The van der Waals surface area contributed by atoms with E-state index in [-0.39, 0.29) is 55.9 Å². The summed E-state index contributed by atoms with van der Waals surface area (Å²) < 4.78 is 45.1. The van der Waals surface area contributed by atoms with E-state index in [1.165, 1.54) is 38.0 Å². The summed E-state index contributed by atoms with van der Waals surface area (Å²) >= 11 is 0. The number of anilines is 1. The summed E-state index contributed by atoms with van der Waals surface area (Å²) in [5, 5.41) is 19.6. The summed E-state index contributed by atoms with van der Waals surface area (Å²) in [6.07, 6.45) is 0.769. The number of ether oxygens (including phenoxy) is 3. The molecule has 10 atom stereocenters. The molecule has 3 fully saturated rings. The van der Waals surface area contributed by atoms with Gasteiger partial charge in [-0.15, -0.1) is 0 Å². The number of hydrogen-bond acceptors (Lipinski definition) is 15. The number of hydrogen-bond donors (Lipinski definition) is 6. The van der Waals surface area contributed by atoms with E-state index in [1.54, 1.807) is 75.7 Å². The highest BCUT2D eigenvalue weighted by molar-refractivity contribution is 7.90. The minimum Gasteiger partial charge on any atom is -0.481 e. The number of nitrogens with one attached hydrogen (secondary N) is 5. The number of carboxylic acid groups (broad SMARTS) is 1. The third kappa shape index (κ3) is 20.3. The number of benzene rings is 1. The van der Waals surface area contributed by atoms with Crippen LogP contribution in [-0.2, 0) is 74.0 Å². The van der Waals surface area contributed by atoms with Crippen LogP contribution >= 0.6 is 0 Å². The van der Waals surface area contributed by atoms with Gasteiger partial charge in [-0.25, -0.2) is 13.2 Å². The zero-order valence-electron chi connectivity index (χ0n) is 52.8. The van der Waals surface area contributed by atoms with Gasteiger partial charge in [0.25, 0.3) is 5.91 Å². The second kappa shape index (κ2) is 33.1. The van der Waals surface area contributed by atoms with E-state index in [0.29, 0.717) is 75.8 Å². The van der Waals surface area contributed by atoms with Gasteiger partial charge in [0.2, 0.25) is 51.4 Å². The van der Waals surface area contributed by atoms with Crippen molar-refractivity contribution in [2.45, 2.75) is 200 Å². The Kier molecular flexibility index (Phi) is 27.7. The van der Waals surface area contributed by atoms with Crippen molar-refractivity contribution in [3.63, 3.8) is 0 Å². The van der Waals surface area contributed by atoms with Crippen molar-refractivity contribution in [1.82, 2.24) is 40.3 Å². The summed E-state index contributed by atoms with van der Waals surface area (Å²) in [5.74, 6) is -7.29. The molecule has 2 heterocycles. The highest BCUT2D eigenvalue weighted by atomic mass is 32.2. The molecular weight excluding hydrogens is 1130 g/mol. The largest absolute Gasteiger partial charge is 0.481 e. The smallest absolute Gasteiger partial charge is 0.410 e. The van der Waals surface area contributed by atoms with Crippen LogP contribution in [0.4, 0.5) is 10.5 Å². The number of rotatable bonds is 32. The molecule has 6 N–H and O–H groups in total. The first-order chi connectivity index (χ1) is 40.4. The molecule has 9 amide bonds. The van der Waals surface area contributed by atoms with Gasteiger partial charge in [-0.3, -0.25) is 52.8 Å². The fourth-order valence-corrected chi connectivity index (χ4v) is 12.7. The van der Waals surface area contributed by atoms with Gasteiger partial charge < -0.3 is 55.3 Å². The number of aliphatic carboxylic acids is 1. The molecule has 25 nitrogen and oxygen atoms in total. The van der Waals surface area contributed by atoms with Crippen LogP contribution in [0.5, 0.6) is 0 Å². The third-order valence-corrected chi connectivity index (χ3v) is 18.6. The van der Waals surface area contributed by atoms with Crippen molar-refractivity contribution in [3.8, 4) is 0 Å². The Morgan fingerprint density at radius 1 is 0.721 bits per heavy atom. The van der Waals surface area contributed by atoms with Crippen LogP contribution in [0, 0.1) is 35.5 Å². The maximum Gasteiger partial charge on any atom is 0.410 e. The van der Waals surface area contributed by atoms with Gasteiger partial charge >= 0.3 is 12.1 Å². The number of likely N-dealkylation sites (tertiary alicyclic amines) is 2. The van der Waals surface area contributed by atoms with Crippen molar-refractivity contribution in [2.75, 3.05) is 53.3 Å². The first-order valence-electron chi connectivity index (χ1n) is 30.2. The molecule has 0 radical (unpaired) electrons. The summed E-state index contributed by atoms with van der Waals surface area (Å²) in [7, 11) is 2.10. The number of sulfonamides is 1. The number of carboxylic acids is 1. The number of amides is 9. The number of piperidine rings is 1. The highest BCUT2D eigenvalue weighted by Crippen LogP contribution is 2.31. The average Bonchev–Trinajstić information content (AvgIpc) is 2.08. The number of methoxy groups -OCH3 is 2. The molecule has 0 unspecified atom stereocenters. The molecule has 3 aliphatic rings. The Morgan fingerprint density at radius 2 is 1.35 bits per heavy atom. The molecule has 86 heavy (non-hydrogen) atoms. The predicted octanol–water partition coefficient (Wildman–Crippen LogP) is 4.03. The Morgan fingerprint density at radius 3 is 1.88 bits per heavy atom. The second-order valence-electron chi connectivity index (χ2n) is 24.5.